The summed E-state index contributed by atoms with van der Waals surface area (Å²) >= 11 is 6.15. The lowest BCUT2D eigenvalue weighted by molar-refractivity contribution is 0.0692. The van der Waals surface area contributed by atoms with Crippen molar-refractivity contribution in [1.82, 2.24) is 5.32 Å². The minimum atomic E-state index is -1.08. The molecule has 1 amide bonds. The van der Waals surface area contributed by atoms with Crippen molar-refractivity contribution in [2.24, 2.45) is 0 Å². The van der Waals surface area contributed by atoms with Crippen LogP contribution in [0.3, 0.4) is 0 Å². The number of ether oxygens (including phenoxy) is 4. The monoisotopic (exact) mass is 451 g/mol. The van der Waals surface area contributed by atoms with Crippen LogP contribution in [0.25, 0.3) is 0 Å². The first-order chi connectivity index (χ1) is 14.9. The second-order valence-electron chi connectivity index (χ2n) is 6.51. The third-order valence-electron chi connectivity index (χ3n) is 4.23. The molecule has 168 valence electrons. The summed E-state index contributed by atoms with van der Waals surface area (Å²) in [4.78, 5) is 22.9. The van der Waals surface area contributed by atoms with Crippen LogP contribution in [0.5, 0.6) is 5.75 Å². The summed E-state index contributed by atoms with van der Waals surface area (Å²) in [6.07, 6.45) is -0.530. The minimum Gasteiger partial charge on any atom is -0.493 e. The van der Waals surface area contributed by atoms with Crippen LogP contribution in [-0.2, 0) is 14.2 Å². The van der Waals surface area contributed by atoms with E-state index < -0.39 is 18.2 Å². The molecule has 2 N–H and O–H groups in total. The first-order valence-corrected chi connectivity index (χ1v) is 10.0. The number of amides is 1. The molecule has 0 aliphatic heterocycles. The second-order valence-corrected chi connectivity index (χ2v) is 6.95. The Morgan fingerprint density at radius 3 is 2.55 bits per heavy atom. The zero-order valence-electron chi connectivity index (χ0n) is 17.4. The quantitative estimate of drug-likeness (QED) is 0.471. The molecule has 1 atom stereocenters. The van der Waals surface area contributed by atoms with Gasteiger partial charge in [0.25, 0.3) is 0 Å². The molecular weight excluding hydrogens is 426 g/mol. The smallest absolute Gasteiger partial charge is 0.406 e. The summed E-state index contributed by atoms with van der Waals surface area (Å²) in [6.45, 7) is 1.28. The van der Waals surface area contributed by atoms with Gasteiger partial charge in [0.1, 0.15) is 11.9 Å². The summed E-state index contributed by atoms with van der Waals surface area (Å²) in [5, 5.41) is 12.6. The highest BCUT2D eigenvalue weighted by molar-refractivity contribution is 6.30. The standard InChI is InChI=1S/C22H26ClNO7/c1-28-8-4-9-30-19-13-16(11-17(14-19)21(25)26)20(15-5-3-6-18(23)12-15)31-10-7-24-22(27)29-2/h3,5-6,11-14,20H,4,7-10H2,1-2H3,(H,24,27)(H,25,26). The van der Waals surface area contributed by atoms with E-state index in [-0.39, 0.29) is 18.7 Å². The molecule has 1 unspecified atom stereocenters. The van der Waals surface area contributed by atoms with E-state index in [1.54, 1.807) is 31.4 Å². The number of benzene rings is 2. The summed E-state index contributed by atoms with van der Waals surface area (Å²) in [7, 11) is 2.88. The van der Waals surface area contributed by atoms with Crippen molar-refractivity contribution in [1.29, 1.82) is 0 Å². The van der Waals surface area contributed by atoms with Crippen LogP contribution in [0, 0.1) is 0 Å². The number of carboxylic acids is 1. The van der Waals surface area contributed by atoms with Gasteiger partial charge in [-0.25, -0.2) is 9.59 Å². The van der Waals surface area contributed by atoms with E-state index >= 15 is 0 Å². The van der Waals surface area contributed by atoms with E-state index in [2.05, 4.69) is 10.1 Å². The molecule has 2 rings (SSSR count). The fourth-order valence-electron chi connectivity index (χ4n) is 2.83. The molecule has 0 aromatic heterocycles. The van der Waals surface area contributed by atoms with Crippen molar-refractivity contribution in [3.05, 3.63) is 64.2 Å². The molecule has 9 heteroatoms. The van der Waals surface area contributed by atoms with E-state index in [4.69, 9.17) is 25.8 Å². The van der Waals surface area contributed by atoms with Gasteiger partial charge in [-0.2, -0.15) is 0 Å². The van der Waals surface area contributed by atoms with E-state index in [1.807, 2.05) is 6.07 Å². The van der Waals surface area contributed by atoms with E-state index in [1.165, 1.54) is 19.2 Å². The van der Waals surface area contributed by atoms with Gasteiger partial charge in [-0.05, 0) is 41.5 Å². The van der Waals surface area contributed by atoms with Gasteiger partial charge in [-0.1, -0.05) is 23.7 Å². The largest absolute Gasteiger partial charge is 0.493 e. The number of carbonyl (C=O) groups excluding carboxylic acids is 1. The molecule has 0 saturated carbocycles. The Bertz CT molecular complexity index is 875. The minimum absolute atomic E-state index is 0.0718. The van der Waals surface area contributed by atoms with Crippen LogP contribution in [-0.4, -0.2) is 57.8 Å². The fourth-order valence-corrected chi connectivity index (χ4v) is 3.03. The number of hydrogen-bond donors (Lipinski definition) is 2. The Labute approximate surface area is 186 Å². The van der Waals surface area contributed by atoms with Crippen LogP contribution in [0.15, 0.2) is 42.5 Å². The number of alkyl carbamates (subject to hydrolysis) is 1. The Morgan fingerprint density at radius 1 is 1.06 bits per heavy atom. The molecular formula is C22H26ClNO7. The van der Waals surface area contributed by atoms with E-state index in [0.717, 1.165) is 5.56 Å². The molecule has 0 aliphatic carbocycles. The second kappa shape index (κ2) is 12.8. The molecule has 0 heterocycles. The molecule has 0 bridgehead atoms. The number of nitrogens with one attached hydrogen (secondary N) is 1. The van der Waals surface area contributed by atoms with Gasteiger partial charge in [-0.15, -0.1) is 0 Å². The van der Waals surface area contributed by atoms with Crippen molar-refractivity contribution in [2.45, 2.75) is 12.5 Å². The molecule has 31 heavy (non-hydrogen) atoms. The SMILES string of the molecule is COCCCOc1cc(C(=O)O)cc(C(OCCNC(=O)OC)c2cccc(Cl)c2)c1. The lowest BCUT2D eigenvalue weighted by Crippen LogP contribution is -2.27. The topological polar surface area (TPSA) is 103 Å². The Hall–Kier alpha value is -2.81. The number of carboxylic acid groups (broad SMARTS) is 1. The number of methoxy groups -OCH3 is 2. The number of halogens is 1. The Balaban J connectivity index is 2.30. The summed E-state index contributed by atoms with van der Waals surface area (Å²) in [5.74, 6) is -0.671. The Kier molecular flexibility index (Phi) is 10.1. The normalized spacial score (nSPS) is 11.6. The first kappa shape index (κ1) is 24.5. The lowest BCUT2D eigenvalue weighted by Gasteiger charge is -2.21. The zero-order valence-corrected chi connectivity index (χ0v) is 18.2. The third kappa shape index (κ3) is 8.09. The zero-order chi connectivity index (χ0) is 22.6. The van der Waals surface area contributed by atoms with Gasteiger partial charge in [0.2, 0.25) is 0 Å². The highest BCUT2D eigenvalue weighted by Gasteiger charge is 2.19. The summed E-state index contributed by atoms with van der Waals surface area (Å²) in [5.41, 5.74) is 1.39. The predicted octanol–water partition coefficient (Wildman–Crippen LogP) is 3.92. The molecule has 0 fully saturated rings. The van der Waals surface area contributed by atoms with Crippen LogP contribution in [0.4, 0.5) is 4.79 Å². The average Bonchev–Trinajstić information content (AvgIpc) is 2.76. The van der Waals surface area contributed by atoms with Gasteiger partial charge in [0, 0.05) is 31.7 Å². The van der Waals surface area contributed by atoms with Gasteiger partial charge in [-0.3, -0.25) is 0 Å². The van der Waals surface area contributed by atoms with Crippen LogP contribution in [0.1, 0.15) is 34.0 Å². The maximum absolute atomic E-state index is 11.7. The van der Waals surface area contributed by atoms with Gasteiger partial charge >= 0.3 is 12.1 Å². The molecule has 0 saturated heterocycles. The lowest BCUT2D eigenvalue weighted by atomic mass is 9.99. The van der Waals surface area contributed by atoms with Crippen molar-refractivity contribution in [3.8, 4) is 5.75 Å². The number of hydrogen-bond acceptors (Lipinski definition) is 6. The first-order valence-electron chi connectivity index (χ1n) is 9.63. The fraction of sp³-hybridized carbons (Fsp3) is 0.364. The maximum Gasteiger partial charge on any atom is 0.406 e. The highest BCUT2D eigenvalue weighted by atomic mass is 35.5. The average molecular weight is 452 g/mol. The van der Waals surface area contributed by atoms with Gasteiger partial charge in [0.05, 0.1) is 25.9 Å². The van der Waals surface area contributed by atoms with Crippen molar-refractivity contribution < 1.29 is 33.6 Å². The van der Waals surface area contributed by atoms with Gasteiger partial charge in [0.15, 0.2) is 0 Å². The molecule has 0 spiro atoms. The van der Waals surface area contributed by atoms with Crippen LogP contribution in [0.2, 0.25) is 5.02 Å². The summed E-state index contributed by atoms with van der Waals surface area (Å²) < 4.78 is 21.3. The molecule has 0 radical (unpaired) electrons. The van der Waals surface area contributed by atoms with Crippen molar-refractivity contribution in [2.75, 3.05) is 40.6 Å². The molecule has 8 nitrogen and oxygen atoms in total. The third-order valence-corrected chi connectivity index (χ3v) is 4.47. The number of carbonyl (C=O) groups is 2. The number of rotatable bonds is 12. The maximum atomic E-state index is 11.7. The molecule has 2 aromatic carbocycles. The highest BCUT2D eigenvalue weighted by Crippen LogP contribution is 2.31. The van der Waals surface area contributed by atoms with Crippen molar-refractivity contribution >= 4 is 23.7 Å². The molecule has 2 aromatic rings. The van der Waals surface area contributed by atoms with E-state index in [9.17, 15) is 14.7 Å². The summed E-state index contributed by atoms with van der Waals surface area (Å²) in [6, 6.07) is 11.8. The molecule has 0 aliphatic rings. The van der Waals surface area contributed by atoms with Crippen molar-refractivity contribution in [3.63, 3.8) is 0 Å². The van der Waals surface area contributed by atoms with Gasteiger partial charge < -0.3 is 29.4 Å². The number of aromatic carboxylic acids is 1. The Morgan fingerprint density at radius 2 is 1.87 bits per heavy atom. The van der Waals surface area contributed by atoms with E-state index in [0.29, 0.717) is 36.0 Å². The predicted molar refractivity (Wildman–Crippen MR) is 115 cm³/mol. The van der Waals surface area contributed by atoms with Crippen LogP contribution < -0.4 is 10.1 Å². The van der Waals surface area contributed by atoms with Crippen LogP contribution >= 0.6 is 11.6 Å².